The van der Waals surface area contributed by atoms with Gasteiger partial charge in [-0.2, -0.15) is 0 Å². The fraction of sp³-hybridized carbons (Fsp3) is 0.333. The van der Waals surface area contributed by atoms with Crippen LogP contribution in [0.5, 0.6) is 0 Å². The molecule has 1 aliphatic heterocycles. The van der Waals surface area contributed by atoms with E-state index < -0.39 is 29.7 Å². The molecule has 0 bridgehead atoms. The maximum absolute atomic E-state index is 13.2. The minimum atomic E-state index is -0.967. The van der Waals surface area contributed by atoms with Crippen molar-refractivity contribution in [2.45, 2.75) is 26.3 Å². The zero-order chi connectivity index (χ0) is 23.3. The molecule has 0 aromatic heterocycles. The molecule has 2 atom stereocenters. The summed E-state index contributed by atoms with van der Waals surface area (Å²) in [5.74, 6) is -2.17. The highest BCUT2D eigenvalue weighted by Gasteiger charge is 2.44. The molecular formula is C24H26N2O6. The highest BCUT2D eigenvalue weighted by molar-refractivity contribution is 6.23. The number of rotatable bonds is 9. The fourth-order valence-electron chi connectivity index (χ4n) is 3.52. The number of hydrogen-bond donors (Lipinski definition) is 1. The highest BCUT2D eigenvalue weighted by Crippen LogP contribution is 2.29. The number of anilines is 1. The Morgan fingerprint density at radius 1 is 0.969 bits per heavy atom. The summed E-state index contributed by atoms with van der Waals surface area (Å²) in [6, 6.07) is 11.8. The first-order valence-electron chi connectivity index (χ1n) is 10.4. The van der Waals surface area contributed by atoms with Crippen molar-refractivity contribution in [1.82, 2.24) is 4.90 Å². The van der Waals surface area contributed by atoms with Crippen molar-refractivity contribution < 1.29 is 28.7 Å². The molecule has 0 saturated carbocycles. The third-order valence-electron chi connectivity index (χ3n) is 5.46. The molecular weight excluding hydrogens is 412 g/mol. The van der Waals surface area contributed by atoms with Crippen LogP contribution in [0.25, 0.3) is 0 Å². The molecule has 8 heteroatoms. The van der Waals surface area contributed by atoms with Gasteiger partial charge in [0, 0.05) is 12.8 Å². The Bertz CT molecular complexity index is 982. The standard InChI is InChI=1S/C24H26N2O6/c1-4-15(2)20(26-22(28)18-7-5-6-8-19(18)23(26)29)21(27)25-17-11-9-16(10-12-17)24(30)32-14-13-31-3/h5-12,15,20H,4,13-14H2,1-3H3,(H,25,27). The van der Waals surface area contributed by atoms with Crippen LogP contribution in [-0.4, -0.2) is 55.0 Å². The fourth-order valence-corrected chi connectivity index (χ4v) is 3.52. The minimum absolute atomic E-state index is 0.144. The summed E-state index contributed by atoms with van der Waals surface area (Å²) in [5, 5.41) is 2.76. The van der Waals surface area contributed by atoms with Crippen LogP contribution in [-0.2, 0) is 14.3 Å². The molecule has 1 aliphatic rings. The maximum atomic E-state index is 13.2. The van der Waals surface area contributed by atoms with Gasteiger partial charge in [0.1, 0.15) is 12.6 Å². The second-order valence-corrected chi connectivity index (χ2v) is 7.55. The number of carbonyl (C=O) groups excluding carboxylic acids is 4. The topological polar surface area (TPSA) is 102 Å². The van der Waals surface area contributed by atoms with Gasteiger partial charge in [0.15, 0.2) is 0 Å². The molecule has 0 spiro atoms. The van der Waals surface area contributed by atoms with Gasteiger partial charge in [0.2, 0.25) is 5.91 Å². The van der Waals surface area contributed by atoms with Gasteiger partial charge in [-0.3, -0.25) is 19.3 Å². The monoisotopic (exact) mass is 438 g/mol. The van der Waals surface area contributed by atoms with Gasteiger partial charge in [-0.05, 0) is 42.3 Å². The number of nitrogens with zero attached hydrogens (tertiary/aromatic N) is 1. The first-order chi connectivity index (χ1) is 15.4. The summed E-state index contributed by atoms with van der Waals surface area (Å²) in [7, 11) is 1.51. The Morgan fingerprint density at radius 3 is 2.09 bits per heavy atom. The Labute approximate surface area is 186 Å². The van der Waals surface area contributed by atoms with Gasteiger partial charge in [0.25, 0.3) is 11.8 Å². The SMILES string of the molecule is CCC(C)C(C(=O)Nc1ccc(C(=O)OCCOC)cc1)N1C(=O)c2ccccc2C1=O. The Hall–Kier alpha value is -3.52. The quantitative estimate of drug-likeness (QED) is 0.367. The molecule has 0 radical (unpaired) electrons. The van der Waals surface area contributed by atoms with Gasteiger partial charge in [0.05, 0.1) is 23.3 Å². The van der Waals surface area contributed by atoms with Crippen LogP contribution >= 0.6 is 0 Å². The lowest BCUT2D eigenvalue weighted by Gasteiger charge is -2.29. The average molecular weight is 438 g/mol. The van der Waals surface area contributed by atoms with Gasteiger partial charge in [-0.25, -0.2) is 4.79 Å². The highest BCUT2D eigenvalue weighted by atomic mass is 16.6. The third-order valence-corrected chi connectivity index (χ3v) is 5.46. The number of benzene rings is 2. The maximum Gasteiger partial charge on any atom is 0.338 e. The number of amides is 3. The van der Waals surface area contributed by atoms with Gasteiger partial charge >= 0.3 is 5.97 Å². The lowest BCUT2D eigenvalue weighted by molar-refractivity contribution is -0.121. The predicted molar refractivity (Wildman–Crippen MR) is 117 cm³/mol. The first-order valence-corrected chi connectivity index (χ1v) is 10.4. The molecule has 1 heterocycles. The molecule has 0 fully saturated rings. The summed E-state index contributed by atoms with van der Waals surface area (Å²) in [5.41, 5.74) is 1.37. The van der Waals surface area contributed by atoms with Crippen molar-refractivity contribution >= 4 is 29.4 Å². The summed E-state index contributed by atoms with van der Waals surface area (Å²) >= 11 is 0. The van der Waals surface area contributed by atoms with Crippen LogP contribution in [0.15, 0.2) is 48.5 Å². The number of methoxy groups -OCH3 is 1. The number of esters is 1. The number of imide groups is 1. The smallest absolute Gasteiger partial charge is 0.338 e. The molecule has 32 heavy (non-hydrogen) atoms. The van der Waals surface area contributed by atoms with Crippen LogP contribution in [0, 0.1) is 5.92 Å². The second-order valence-electron chi connectivity index (χ2n) is 7.55. The van der Waals surface area contributed by atoms with E-state index in [0.29, 0.717) is 35.4 Å². The second kappa shape index (κ2) is 10.2. The number of nitrogens with one attached hydrogen (secondary N) is 1. The van der Waals surface area contributed by atoms with Crippen LogP contribution in [0.4, 0.5) is 5.69 Å². The van der Waals surface area contributed by atoms with Crippen LogP contribution in [0.3, 0.4) is 0 Å². The minimum Gasteiger partial charge on any atom is -0.460 e. The van der Waals surface area contributed by atoms with Crippen molar-refractivity contribution in [3.05, 3.63) is 65.2 Å². The molecule has 8 nitrogen and oxygen atoms in total. The van der Waals surface area contributed by atoms with E-state index in [0.717, 1.165) is 4.90 Å². The lowest BCUT2D eigenvalue weighted by Crippen LogP contribution is -2.50. The first kappa shape index (κ1) is 23.1. The Morgan fingerprint density at radius 2 is 1.56 bits per heavy atom. The molecule has 0 saturated heterocycles. The van der Waals surface area contributed by atoms with Crippen LogP contribution in [0.2, 0.25) is 0 Å². The summed E-state index contributed by atoms with van der Waals surface area (Å²) in [6.07, 6.45) is 0.595. The third kappa shape index (κ3) is 4.70. The van der Waals surface area contributed by atoms with Gasteiger partial charge in [-0.1, -0.05) is 32.4 Å². The van der Waals surface area contributed by atoms with E-state index in [4.69, 9.17) is 9.47 Å². The molecule has 3 amide bonds. The van der Waals surface area contributed by atoms with E-state index in [2.05, 4.69) is 5.32 Å². The van der Waals surface area contributed by atoms with E-state index in [1.807, 2.05) is 13.8 Å². The molecule has 1 N–H and O–H groups in total. The van der Waals surface area contributed by atoms with Crippen LogP contribution < -0.4 is 5.32 Å². The Balaban J connectivity index is 1.76. The summed E-state index contributed by atoms with van der Waals surface area (Å²) in [4.78, 5) is 52.1. The van der Waals surface area contributed by atoms with E-state index in [1.165, 1.54) is 19.2 Å². The molecule has 0 aliphatic carbocycles. The predicted octanol–water partition coefficient (Wildman–Crippen LogP) is 3.14. The van der Waals surface area contributed by atoms with Crippen LogP contribution in [0.1, 0.15) is 51.3 Å². The number of hydrogen-bond acceptors (Lipinski definition) is 6. The van der Waals surface area contributed by atoms with Crippen molar-refractivity contribution in [2.75, 3.05) is 25.6 Å². The van der Waals surface area contributed by atoms with Crippen molar-refractivity contribution in [3.8, 4) is 0 Å². The van der Waals surface area contributed by atoms with Gasteiger partial charge in [-0.15, -0.1) is 0 Å². The zero-order valence-electron chi connectivity index (χ0n) is 18.3. The van der Waals surface area contributed by atoms with E-state index in [-0.39, 0.29) is 12.5 Å². The average Bonchev–Trinajstić information content (AvgIpc) is 3.05. The molecule has 2 aromatic rings. The largest absolute Gasteiger partial charge is 0.460 e. The van der Waals surface area contributed by atoms with E-state index in [1.54, 1.807) is 36.4 Å². The van der Waals surface area contributed by atoms with Crippen molar-refractivity contribution in [3.63, 3.8) is 0 Å². The molecule has 3 rings (SSSR count). The Kier molecular flexibility index (Phi) is 7.37. The summed E-state index contributed by atoms with van der Waals surface area (Å²) < 4.78 is 9.91. The number of fused-ring (bicyclic) bond motifs is 1. The van der Waals surface area contributed by atoms with Crippen molar-refractivity contribution in [2.24, 2.45) is 5.92 Å². The normalized spacial score (nSPS) is 14.7. The van der Waals surface area contributed by atoms with Gasteiger partial charge < -0.3 is 14.8 Å². The molecule has 2 unspecified atom stereocenters. The van der Waals surface area contributed by atoms with Crippen molar-refractivity contribution in [1.29, 1.82) is 0 Å². The summed E-state index contributed by atoms with van der Waals surface area (Å²) in [6.45, 7) is 4.17. The van der Waals surface area contributed by atoms with E-state index >= 15 is 0 Å². The molecule has 2 aromatic carbocycles. The zero-order valence-corrected chi connectivity index (χ0v) is 18.3. The number of carbonyl (C=O) groups is 4. The molecule has 168 valence electrons. The number of ether oxygens (including phenoxy) is 2. The lowest BCUT2D eigenvalue weighted by atomic mass is 9.96. The van der Waals surface area contributed by atoms with E-state index in [9.17, 15) is 19.2 Å².